The van der Waals surface area contributed by atoms with Gasteiger partial charge in [0.2, 0.25) is 0 Å². The number of hydrogen-bond donors (Lipinski definition) is 0. The van der Waals surface area contributed by atoms with Crippen molar-refractivity contribution < 1.29 is 14.0 Å². The molecule has 6 heteroatoms. The molecule has 240 valence electrons. The van der Waals surface area contributed by atoms with E-state index in [1.165, 1.54) is 96.9 Å². The molecule has 0 N–H and O–H groups in total. The van der Waals surface area contributed by atoms with E-state index in [-0.39, 0.29) is 6.10 Å². The van der Waals surface area contributed by atoms with Crippen molar-refractivity contribution in [1.29, 1.82) is 0 Å². The third-order valence-corrected chi connectivity index (χ3v) is 9.43. The van der Waals surface area contributed by atoms with E-state index in [2.05, 4.69) is 30.6 Å². The molecule has 3 saturated heterocycles. The third-order valence-electron chi connectivity index (χ3n) is 9.43. The number of halogens is 1. The fourth-order valence-corrected chi connectivity index (χ4v) is 6.35. The fraction of sp³-hybridized carbons (Fsp3) is 1.00. The Morgan fingerprint density at radius 1 is 0.600 bits per heavy atom. The van der Waals surface area contributed by atoms with Gasteiger partial charge in [-0.05, 0) is 82.3 Å². The van der Waals surface area contributed by atoms with Crippen molar-refractivity contribution in [1.82, 2.24) is 14.9 Å². The van der Waals surface area contributed by atoms with Gasteiger partial charge in [-0.2, -0.15) is 0 Å². The molecule has 5 nitrogen and oxygen atoms in total. The molecule has 3 aliphatic heterocycles. The highest BCUT2D eigenvalue weighted by Gasteiger charge is 2.22. The van der Waals surface area contributed by atoms with Gasteiger partial charge in [-0.15, -0.1) is 9.60 Å². The van der Waals surface area contributed by atoms with Gasteiger partial charge in [0, 0.05) is 39.3 Å². The number of nitrogens with zero attached hydrogens (tertiary/aromatic N) is 3. The van der Waals surface area contributed by atoms with Crippen molar-refractivity contribution in [2.75, 3.05) is 65.6 Å². The first-order valence-corrected chi connectivity index (χ1v) is 17.6. The quantitative estimate of drug-likeness (QED) is 0.246. The van der Waals surface area contributed by atoms with Gasteiger partial charge in [-0.3, -0.25) is 0 Å². The Balaban J connectivity index is 0.000000358. The van der Waals surface area contributed by atoms with E-state index in [0.717, 1.165) is 55.5 Å². The van der Waals surface area contributed by atoms with Crippen LogP contribution in [0.5, 0.6) is 0 Å². The minimum Gasteiger partial charge on any atom is -0.378 e. The average molecular weight is 572 g/mol. The molecule has 0 aromatic rings. The SMILES string of the molecule is CC.CC.CC1CCN(CCOC2CCN(F)CC2)CC1.CCC1CCC(CCOC2CCN(CC)CC2)CC1. The van der Waals surface area contributed by atoms with Crippen LogP contribution in [-0.2, 0) is 9.47 Å². The molecule has 4 aliphatic rings. The molecule has 0 radical (unpaired) electrons. The van der Waals surface area contributed by atoms with Gasteiger partial charge < -0.3 is 19.3 Å². The summed E-state index contributed by atoms with van der Waals surface area (Å²) in [6.45, 7) is 25.0. The van der Waals surface area contributed by atoms with Gasteiger partial charge in [0.25, 0.3) is 0 Å². The maximum absolute atomic E-state index is 12.8. The van der Waals surface area contributed by atoms with Crippen LogP contribution in [0.3, 0.4) is 0 Å². The lowest BCUT2D eigenvalue weighted by Crippen LogP contribution is -2.37. The van der Waals surface area contributed by atoms with Gasteiger partial charge in [0.15, 0.2) is 0 Å². The smallest absolute Gasteiger partial charge is 0.0602 e. The zero-order valence-corrected chi connectivity index (χ0v) is 28.0. The van der Waals surface area contributed by atoms with Crippen molar-refractivity contribution >= 4 is 0 Å². The largest absolute Gasteiger partial charge is 0.378 e. The van der Waals surface area contributed by atoms with E-state index in [1.54, 1.807) is 0 Å². The van der Waals surface area contributed by atoms with E-state index in [0.29, 0.717) is 19.2 Å². The topological polar surface area (TPSA) is 28.2 Å². The lowest BCUT2D eigenvalue weighted by atomic mass is 9.80. The van der Waals surface area contributed by atoms with Crippen molar-refractivity contribution in [2.24, 2.45) is 17.8 Å². The number of likely N-dealkylation sites (tertiary alicyclic amines) is 2. The van der Waals surface area contributed by atoms with E-state index in [1.807, 2.05) is 27.7 Å². The Morgan fingerprint density at radius 2 is 1.07 bits per heavy atom. The Kier molecular flexibility index (Phi) is 22.8. The Bertz CT molecular complexity index is 491. The minimum atomic E-state index is 0.283. The fourth-order valence-electron chi connectivity index (χ4n) is 6.35. The van der Waals surface area contributed by atoms with Gasteiger partial charge in [0.05, 0.1) is 18.8 Å². The lowest BCUT2D eigenvalue weighted by Gasteiger charge is -2.32. The maximum Gasteiger partial charge on any atom is 0.0602 e. The highest BCUT2D eigenvalue weighted by Crippen LogP contribution is 2.32. The Hall–Kier alpha value is -0.270. The van der Waals surface area contributed by atoms with Crippen LogP contribution in [-0.4, -0.2) is 92.7 Å². The number of rotatable bonds is 10. The van der Waals surface area contributed by atoms with E-state index >= 15 is 0 Å². The molecule has 1 aliphatic carbocycles. The summed E-state index contributed by atoms with van der Waals surface area (Å²) in [6.07, 6.45) is 16.2. The first-order valence-electron chi connectivity index (χ1n) is 17.6. The van der Waals surface area contributed by atoms with Gasteiger partial charge >= 0.3 is 0 Å². The average Bonchev–Trinajstić information content (AvgIpc) is 3.02. The summed E-state index contributed by atoms with van der Waals surface area (Å²) < 4.78 is 24.7. The van der Waals surface area contributed by atoms with E-state index in [4.69, 9.17) is 9.47 Å². The van der Waals surface area contributed by atoms with Crippen LogP contribution in [0.25, 0.3) is 0 Å². The monoisotopic (exact) mass is 572 g/mol. The number of hydrogen-bond acceptors (Lipinski definition) is 5. The van der Waals surface area contributed by atoms with E-state index < -0.39 is 0 Å². The summed E-state index contributed by atoms with van der Waals surface area (Å²) in [5, 5.41) is 0.895. The minimum absolute atomic E-state index is 0.283. The summed E-state index contributed by atoms with van der Waals surface area (Å²) >= 11 is 0. The van der Waals surface area contributed by atoms with Crippen LogP contribution in [0.1, 0.15) is 126 Å². The summed E-state index contributed by atoms with van der Waals surface area (Å²) in [6, 6.07) is 0. The molecule has 0 amide bonds. The normalized spacial score (nSPS) is 26.1. The third kappa shape index (κ3) is 16.4. The Morgan fingerprint density at radius 3 is 1.60 bits per heavy atom. The van der Waals surface area contributed by atoms with Gasteiger partial charge in [-0.25, -0.2) is 0 Å². The molecule has 0 aromatic carbocycles. The van der Waals surface area contributed by atoms with Crippen molar-refractivity contribution in [2.45, 2.75) is 138 Å². The predicted molar refractivity (Wildman–Crippen MR) is 171 cm³/mol. The molecule has 0 bridgehead atoms. The van der Waals surface area contributed by atoms with Crippen LogP contribution in [0.15, 0.2) is 0 Å². The molecule has 0 aromatic heterocycles. The number of piperidine rings is 3. The van der Waals surface area contributed by atoms with Crippen LogP contribution < -0.4 is 0 Å². The molecule has 0 atom stereocenters. The predicted octanol–water partition coefficient (Wildman–Crippen LogP) is 8.23. The zero-order chi connectivity index (χ0) is 29.6. The molecule has 0 unspecified atom stereocenters. The van der Waals surface area contributed by atoms with E-state index in [9.17, 15) is 4.48 Å². The molecule has 40 heavy (non-hydrogen) atoms. The second kappa shape index (κ2) is 24.2. The second-order valence-electron chi connectivity index (χ2n) is 12.1. The first-order chi connectivity index (χ1) is 19.6. The molecular formula is C34H70FN3O2. The summed E-state index contributed by atoms with van der Waals surface area (Å²) in [7, 11) is 0. The summed E-state index contributed by atoms with van der Waals surface area (Å²) in [5.74, 6) is 2.87. The zero-order valence-electron chi connectivity index (χ0n) is 28.0. The van der Waals surface area contributed by atoms with Crippen LogP contribution >= 0.6 is 0 Å². The molecular weight excluding hydrogens is 501 g/mol. The van der Waals surface area contributed by atoms with Crippen molar-refractivity contribution in [3.63, 3.8) is 0 Å². The standard InChI is InChI=1S/C17H33NO.C13H25FN2O.2C2H6/c1-3-15-5-7-16(8-6-15)11-14-19-17-9-12-18(4-2)13-10-17;1-12-2-6-15(7-3-12)10-11-17-13-4-8-16(14)9-5-13;2*1-2/h15-17H,3-14H2,1-2H3;12-13H,2-11H2,1H3;2*1-2H3. The highest BCUT2D eigenvalue weighted by atomic mass is 19.2. The van der Waals surface area contributed by atoms with Gasteiger partial charge in [-0.1, -0.05) is 80.6 Å². The summed E-state index contributed by atoms with van der Waals surface area (Å²) in [5.41, 5.74) is 0. The van der Waals surface area contributed by atoms with Crippen LogP contribution in [0.4, 0.5) is 4.48 Å². The maximum atomic E-state index is 12.8. The molecule has 1 saturated carbocycles. The molecule has 3 heterocycles. The van der Waals surface area contributed by atoms with Crippen LogP contribution in [0, 0.1) is 17.8 Å². The van der Waals surface area contributed by atoms with Crippen molar-refractivity contribution in [3.8, 4) is 0 Å². The first kappa shape index (κ1) is 37.8. The number of ether oxygens (including phenoxy) is 2. The van der Waals surface area contributed by atoms with Gasteiger partial charge in [0.1, 0.15) is 0 Å². The Labute approximate surface area is 249 Å². The highest BCUT2D eigenvalue weighted by molar-refractivity contribution is 4.74. The molecule has 4 rings (SSSR count). The summed E-state index contributed by atoms with van der Waals surface area (Å²) in [4.78, 5) is 5.02. The molecule has 4 fully saturated rings. The second-order valence-corrected chi connectivity index (χ2v) is 12.1. The molecule has 0 spiro atoms. The van der Waals surface area contributed by atoms with Crippen LogP contribution in [0.2, 0.25) is 0 Å². The van der Waals surface area contributed by atoms with Crippen molar-refractivity contribution in [3.05, 3.63) is 0 Å². The lowest BCUT2D eigenvalue weighted by molar-refractivity contribution is -0.0608.